The lowest BCUT2D eigenvalue weighted by Gasteiger charge is -2.19. The molecule has 0 spiro atoms. The Morgan fingerprint density at radius 3 is 2.41 bits per heavy atom. The van der Waals surface area contributed by atoms with Gasteiger partial charge in [-0.3, -0.25) is 0 Å². The maximum atomic E-state index is 3.62. The van der Waals surface area contributed by atoms with Crippen LogP contribution in [0.3, 0.4) is 0 Å². The summed E-state index contributed by atoms with van der Waals surface area (Å²) in [6.45, 7) is 5.46. The quantitative estimate of drug-likeness (QED) is 0.772. The molecular weight excluding hydrogens is 206 g/mol. The maximum Gasteiger partial charge on any atom is 0.0345 e. The minimum absolute atomic E-state index is 0.846. The van der Waals surface area contributed by atoms with Crippen LogP contribution in [0.25, 0.3) is 0 Å². The van der Waals surface area contributed by atoms with Crippen LogP contribution in [-0.4, -0.2) is 6.54 Å². The van der Waals surface area contributed by atoms with Gasteiger partial charge in [-0.1, -0.05) is 18.2 Å². The molecule has 1 fully saturated rings. The van der Waals surface area contributed by atoms with Gasteiger partial charge in [0.15, 0.2) is 0 Å². The van der Waals surface area contributed by atoms with Crippen molar-refractivity contribution in [3.05, 3.63) is 41.5 Å². The van der Waals surface area contributed by atoms with Gasteiger partial charge in [0.1, 0.15) is 0 Å². The van der Waals surface area contributed by atoms with Crippen molar-refractivity contribution in [3.8, 4) is 0 Å². The first-order chi connectivity index (χ1) is 8.20. The Bertz CT molecular complexity index is 427. The third kappa shape index (κ3) is 2.24. The summed E-state index contributed by atoms with van der Waals surface area (Å²) >= 11 is 0. The molecule has 1 saturated carbocycles. The van der Waals surface area contributed by atoms with Gasteiger partial charge in [-0.05, 0) is 67.7 Å². The van der Waals surface area contributed by atoms with Crippen LogP contribution in [-0.2, 0) is 0 Å². The second-order valence-corrected chi connectivity index (χ2v) is 5.80. The molecule has 3 atom stereocenters. The predicted molar refractivity (Wildman–Crippen MR) is 73.2 cm³/mol. The minimum atomic E-state index is 0.846. The number of aryl methyl sites for hydroxylation is 2. The first-order valence-corrected chi connectivity index (χ1v) is 6.71. The Balaban J connectivity index is 1.62. The van der Waals surface area contributed by atoms with Gasteiger partial charge in [0.2, 0.25) is 0 Å². The van der Waals surface area contributed by atoms with Crippen LogP contribution in [0.2, 0.25) is 0 Å². The van der Waals surface area contributed by atoms with Crippen LogP contribution in [0.5, 0.6) is 0 Å². The highest BCUT2D eigenvalue weighted by atomic mass is 14.9. The maximum absolute atomic E-state index is 3.62. The molecule has 1 aromatic carbocycles. The SMILES string of the molecule is Cc1cc(C)cc(NCC2CC3C=CC2C3)c1. The van der Waals surface area contributed by atoms with Crippen molar-refractivity contribution < 1.29 is 0 Å². The third-order valence-corrected chi connectivity index (χ3v) is 4.21. The van der Waals surface area contributed by atoms with Crippen LogP contribution in [0.4, 0.5) is 5.69 Å². The molecule has 1 heteroatoms. The van der Waals surface area contributed by atoms with Gasteiger partial charge >= 0.3 is 0 Å². The predicted octanol–water partition coefficient (Wildman–Crippen LogP) is 3.93. The smallest absolute Gasteiger partial charge is 0.0345 e. The summed E-state index contributed by atoms with van der Waals surface area (Å²) in [7, 11) is 0. The van der Waals surface area contributed by atoms with Crippen LogP contribution >= 0.6 is 0 Å². The fourth-order valence-electron chi connectivity index (χ4n) is 3.46. The van der Waals surface area contributed by atoms with E-state index in [-0.39, 0.29) is 0 Å². The Labute approximate surface area is 104 Å². The van der Waals surface area contributed by atoms with Crippen molar-refractivity contribution in [1.82, 2.24) is 0 Å². The molecule has 3 unspecified atom stereocenters. The Kier molecular flexibility index (Phi) is 2.70. The molecule has 17 heavy (non-hydrogen) atoms. The van der Waals surface area contributed by atoms with E-state index in [9.17, 15) is 0 Å². The summed E-state index contributed by atoms with van der Waals surface area (Å²) in [4.78, 5) is 0. The number of fused-ring (bicyclic) bond motifs is 2. The van der Waals surface area contributed by atoms with E-state index in [0.717, 1.165) is 24.3 Å². The summed E-state index contributed by atoms with van der Waals surface area (Å²) in [5, 5.41) is 3.62. The highest BCUT2D eigenvalue weighted by Crippen LogP contribution is 2.43. The summed E-state index contributed by atoms with van der Waals surface area (Å²) in [6, 6.07) is 6.72. The zero-order valence-electron chi connectivity index (χ0n) is 10.7. The first-order valence-electron chi connectivity index (χ1n) is 6.71. The molecule has 3 rings (SSSR count). The molecule has 0 saturated heterocycles. The van der Waals surface area contributed by atoms with Crippen LogP contribution in [0.15, 0.2) is 30.4 Å². The van der Waals surface area contributed by atoms with E-state index in [1.165, 1.54) is 29.7 Å². The normalized spacial score (nSPS) is 29.9. The molecule has 1 nitrogen and oxygen atoms in total. The summed E-state index contributed by atoms with van der Waals surface area (Å²) < 4.78 is 0. The topological polar surface area (TPSA) is 12.0 Å². The minimum Gasteiger partial charge on any atom is -0.385 e. The number of rotatable bonds is 3. The number of anilines is 1. The molecule has 2 bridgehead atoms. The Hall–Kier alpha value is -1.24. The van der Waals surface area contributed by atoms with Gasteiger partial charge in [0.25, 0.3) is 0 Å². The van der Waals surface area contributed by atoms with E-state index >= 15 is 0 Å². The van der Waals surface area contributed by atoms with Crippen LogP contribution in [0.1, 0.15) is 24.0 Å². The molecule has 2 aliphatic rings. The van der Waals surface area contributed by atoms with Gasteiger partial charge in [0.05, 0.1) is 0 Å². The highest BCUT2D eigenvalue weighted by molar-refractivity contribution is 5.48. The monoisotopic (exact) mass is 227 g/mol. The molecule has 0 amide bonds. The van der Waals surface area contributed by atoms with Gasteiger partial charge < -0.3 is 5.32 Å². The van der Waals surface area contributed by atoms with E-state index < -0.39 is 0 Å². The molecule has 0 aliphatic heterocycles. The van der Waals surface area contributed by atoms with Crippen molar-refractivity contribution >= 4 is 5.69 Å². The lowest BCUT2D eigenvalue weighted by atomic mass is 9.93. The lowest BCUT2D eigenvalue weighted by molar-refractivity contribution is 0.472. The standard InChI is InChI=1S/C16H21N/c1-11-5-12(2)7-16(6-11)17-10-15-9-13-3-4-14(15)8-13/h3-7,13-15,17H,8-10H2,1-2H3. The van der Waals surface area contributed by atoms with Crippen LogP contribution in [0, 0.1) is 31.6 Å². The molecule has 90 valence electrons. The van der Waals surface area contributed by atoms with Crippen molar-refractivity contribution in [2.75, 3.05) is 11.9 Å². The Morgan fingerprint density at radius 2 is 1.82 bits per heavy atom. The first kappa shape index (κ1) is 10.9. The highest BCUT2D eigenvalue weighted by Gasteiger charge is 2.35. The third-order valence-electron chi connectivity index (χ3n) is 4.21. The summed E-state index contributed by atoms with van der Waals surface area (Å²) in [6.07, 6.45) is 7.64. The molecular formula is C16H21N. The zero-order chi connectivity index (χ0) is 11.8. The van der Waals surface area contributed by atoms with Gasteiger partial charge in [-0.25, -0.2) is 0 Å². The number of allylic oxidation sites excluding steroid dienone is 2. The van der Waals surface area contributed by atoms with E-state index in [1.54, 1.807) is 0 Å². The van der Waals surface area contributed by atoms with Crippen molar-refractivity contribution in [2.45, 2.75) is 26.7 Å². The van der Waals surface area contributed by atoms with E-state index in [2.05, 4.69) is 49.5 Å². The van der Waals surface area contributed by atoms with Gasteiger partial charge in [-0.2, -0.15) is 0 Å². The molecule has 2 aliphatic carbocycles. The fourth-order valence-corrected chi connectivity index (χ4v) is 3.46. The largest absolute Gasteiger partial charge is 0.385 e. The van der Waals surface area contributed by atoms with E-state index in [0.29, 0.717) is 0 Å². The molecule has 1 N–H and O–H groups in total. The second-order valence-electron chi connectivity index (χ2n) is 5.80. The Morgan fingerprint density at radius 1 is 1.06 bits per heavy atom. The molecule has 0 radical (unpaired) electrons. The average molecular weight is 227 g/mol. The molecule has 0 aromatic heterocycles. The number of benzene rings is 1. The van der Waals surface area contributed by atoms with E-state index in [1.807, 2.05) is 0 Å². The van der Waals surface area contributed by atoms with E-state index in [4.69, 9.17) is 0 Å². The number of nitrogens with one attached hydrogen (secondary N) is 1. The molecule has 1 aromatic rings. The fraction of sp³-hybridized carbons (Fsp3) is 0.500. The van der Waals surface area contributed by atoms with Gasteiger partial charge in [-0.15, -0.1) is 0 Å². The van der Waals surface area contributed by atoms with Crippen LogP contribution < -0.4 is 5.32 Å². The average Bonchev–Trinajstić information content (AvgIpc) is 2.86. The van der Waals surface area contributed by atoms with Gasteiger partial charge in [0, 0.05) is 12.2 Å². The number of hydrogen-bond donors (Lipinski definition) is 1. The van der Waals surface area contributed by atoms with Crippen molar-refractivity contribution in [1.29, 1.82) is 0 Å². The van der Waals surface area contributed by atoms with Crippen molar-refractivity contribution in [2.24, 2.45) is 17.8 Å². The summed E-state index contributed by atoms with van der Waals surface area (Å²) in [5.74, 6) is 2.58. The lowest BCUT2D eigenvalue weighted by Crippen LogP contribution is -2.18. The van der Waals surface area contributed by atoms with Crippen molar-refractivity contribution in [3.63, 3.8) is 0 Å². The molecule has 0 heterocycles. The summed E-state index contributed by atoms with van der Waals surface area (Å²) in [5.41, 5.74) is 3.98. The second kappa shape index (κ2) is 4.21. The number of hydrogen-bond acceptors (Lipinski definition) is 1. The zero-order valence-corrected chi connectivity index (χ0v) is 10.7.